The second-order valence-electron chi connectivity index (χ2n) is 12.6. The molecule has 4 atom stereocenters. The van der Waals surface area contributed by atoms with E-state index >= 15 is 0 Å². The Kier molecular flexibility index (Phi) is 11.6. The van der Waals surface area contributed by atoms with Crippen LogP contribution in [0.5, 0.6) is 0 Å². The normalized spacial score (nSPS) is 24.9. The van der Waals surface area contributed by atoms with Crippen molar-refractivity contribution in [1.82, 2.24) is 4.98 Å². The number of benzene rings is 2. The van der Waals surface area contributed by atoms with Crippen molar-refractivity contribution in [2.45, 2.75) is 111 Å². The molecule has 0 amide bonds. The van der Waals surface area contributed by atoms with Gasteiger partial charge >= 0.3 is 0 Å². The molecule has 1 heterocycles. The predicted octanol–water partition coefficient (Wildman–Crippen LogP) is 8.96. The number of aliphatic hydroxyl groups is 2. The molecule has 2 saturated carbocycles. The van der Waals surface area contributed by atoms with Crippen LogP contribution in [0, 0.1) is 28.7 Å². The van der Waals surface area contributed by atoms with Crippen molar-refractivity contribution in [1.29, 1.82) is 0 Å². The van der Waals surface area contributed by atoms with Crippen molar-refractivity contribution in [3.05, 3.63) is 66.4 Å². The first-order valence-corrected chi connectivity index (χ1v) is 15.5. The minimum atomic E-state index is -0.319. The standard InChI is InChI=1S/C18H16N.C18H34O2.Ir/c1-13(2)15-8-9-16-12-19-18(11-17(16)10-15)14-6-4-3-5-7-14;1-5-17(6-2)11-9-10-13-12-18(7-3,8-4)16(20)14(13)15(17)19;/h3-6,8-13H,1-2H3;13-16,19-20H,5-12H2,1-4H3;/q-1;;. The molecule has 4 heteroatoms. The first kappa shape index (κ1) is 32.9. The fourth-order valence-corrected chi connectivity index (χ4v) is 7.64. The number of hydrogen-bond donors (Lipinski definition) is 2. The number of aliphatic hydroxyl groups excluding tert-OH is 2. The van der Waals surface area contributed by atoms with Crippen LogP contribution in [0.1, 0.15) is 104 Å². The minimum Gasteiger partial charge on any atom is -0.392 e. The molecule has 2 N–H and O–H groups in total. The minimum absolute atomic E-state index is 0. The topological polar surface area (TPSA) is 53.4 Å². The largest absolute Gasteiger partial charge is 0.392 e. The molecule has 221 valence electrons. The van der Waals surface area contributed by atoms with E-state index in [4.69, 9.17) is 0 Å². The third kappa shape index (κ3) is 6.41. The monoisotopic (exact) mass is 721 g/mol. The van der Waals surface area contributed by atoms with E-state index in [-0.39, 0.29) is 49.1 Å². The first-order chi connectivity index (χ1) is 18.7. The summed E-state index contributed by atoms with van der Waals surface area (Å²) in [5.41, 5.74) is 3.48. The van der Waals surface area contributed by atoms with Gasteiger partial charge in [0.25, 0.3) is 0 Å². The second-order valence-corrected chi connectivity index (χ2v) is 12.6. The van der Waals surface area contributed by atoms with E-state index in [1.165, 1.54) is 29.2 Å². The van der Waals surface area contributed by atoms with E-state index in [2.05, 4.69) is 76.9 Å². The summed E-state index contributed by atoms with van der Waals surface area (Å²) >= 11 is 0. The second kappa shape index (κ2) is 14.1. The Morgan fingerprint density at radius 2 is 1.57 bits per heavy atom. The molecule has 5 rings (SSSR count). The SMILES string of the molecule is CC(C)c1ccc2cnc(-c3[c-]cccc3)cc2c1.CCC1(CC)CCCC2CC(CC)(CC)C(O)C2C1O.[Ir]. The number of aromatic nitrogens is 1. The molecule has 0 spiro atoms. The Balaban J connectivity index is 0.000000215. The molecular weight excluding hydrogens is 671 g/mol. The van der Waals surface area contributed by atoms with E-state index in [0.717, 1.165) is 49.8 Å². The Morgan fingerprint density at radius 1 is 0.900 bits per heavy atom. The Morgan fingerprint density at radius 3 is 2.17 bits per heavy atom. The summed E-state index contributed by atoms with van der Waals surface area (Å²) in [7, 11) is 0. The molecule has 2 aliphatic carbocycles. The molecule has 0 aliphatic heterocycles. The average Bonchev–Trinajstić information content (AvgIpc) is 3.18. The van der Waals surface area contributed by atoms with Gasteiger partial charge in [0.2, 0.25) is 0 Å². The summed E-state index contributed by atoms with van der Waals surface area (Å²) in [4.78, 5) is 4.52. The van der Waals surface area contributed by atoms with E-state index in [1.807, 2.05) is 30.5 Å². The van der Waals surface area contributed by atoms with Gasteiger partial charge in [-0.3, -0.25) is 0 Å². The van der Waals surface area contributed by atoms with Gasteiger partial charge in [0, 0.05) is 32.2 Å². The number of pyridine rings is 1. The summed E-state index contributed by atoms with van der Waals surface area (Å²) in [5, 5.41) is 24.5. The zero-order valence-electron chi connectivity index (χ0n) is 25.4. The van der Waals surface area contributed by atoms with Gasteiger partial charge in [-0.25, -0.2) is 0 Å². The van der Waals surface area contributed by atoms with Gasteiger partial charge in [0.1, 0.15) is 0 Å². The zero-order chi connectivity index (χ0) is 28.2. The van der Waals surface area contributed by atoms with Crippen LogP contribution in [0.2, 0.25) is 0 Å². The van der Waals surface area contributed by atoms with Crippen molar-refractivity contribution in [2.24, 2.45) is 22.7 Å². The molecule has 2 aliphatic rings. The summed E-state index contributed by atoms with van der Waals surface area (Å²) in [6, 6.07) is 19.9. The number of rotatable bonds is 6. The van der Waals surface area contributed by atoms with E-state index < -0.39 is 0 Å². The number of fused-ring (bicyclic) bond motifs is 2. The maximum absolute atomic E-state index is 11.1. The van der Waals surface area contributed by atoms with Crippen LogP contribution in [-0.4, -0.2) is 27.4 Å². The maximum atomic E-state index is 11.1. The fourth-order valence-electron chi connectivity index (χ4n) is 7.64. The van der Waals surface area contributed by atoms with Crippen LogP contribution in [-0.2, 0) is 20.1 Å². The Hall–Kier alpha value is -1.58. The molecule has 2 aromatic carbocycles. The first-order valence-electron chi connectivity index (χ1n) is 15.5. The molecule has 40 heavy (non-hydrogen) atoms. The molecule has 2 fully saturated rings. The van der Waals surface area contributed by atoms with Crippen LogP contribution in [0.25, 0.3) is 22.0 Å². The predicted molar refractivity (Wildman–Crippen MR) is 164 cm³/mol. The molecule has 3 aromatic rings. The third-order valence-electron chi connectivity index (χ3n) is 10.7. The third-order valence-corrected chi connectivity index (χ3v) is 10.7. The van der Waals surface area contributed by atoms with E-state index in [1.54, 1.807) is 0 Å². The summed E-state index contributed by atoms with van der Waals surface area (Å²) in [6.07, 6.45) is 10.1. The van der Waals surface area contributed by atoms with Crippen LogP contribution in [0.15, 0.2) is 54.7 Å². The quantitative estimate of drug-likeness (QED) is 0.250. The van der Waals surface area contributed by atoms with Crippen LogP contribution in [0.3, 0.4) is 0 Å². The van der Waals surface area contributed by atoms with Crippen molar-refractivity contribution >= 4 is 10.8 Å². The maximum Gasteiger partial charge on any atom is 0.0651 e. The fraction of sp³-hybridized carbons (Fsp3) is 0.583. The van der Waals surface area contributed by atoms with Crippen LogP contribution < -0.4 is 0 Å². The summed E-state index contributed by atoms with van der Waals surface area (Å²) < 4.78 is 0. The van der Waals surface area contributed by atoms with E-state index in [9.17, 15) is 10.2 Å². The van der Waals surface area contributed by atoms with Gasteiger partial charge in [-0.1, -0.05) is 72.2 Å². The Bertz CT molecular complexity index is 1200. The average molecular weight is 721 g/mol. The molecule has 0 saturated heterocycles. The summed E-state index contributed by atoms with van der Waals surface area (Å²) in [6.45, 7) is 13.3. The zero-order valence-corrected chi connectivity index (χ0v) is 27.8. The van der Waals surface area contributed by atoms with Gasteiger partial charge in [0.05, 0.1) is 12.2 Å². The molecule has 4 unspecified atom stereocenters. The molecule has 1 radical (unpaired) electrons. The van der Waals surface area contributed by atoms with Crippen LogP contribution >= 0.6 is 0 Å². The van der Waals surface area contributed by atoms with Crippen molar-refractivity contribution in [3.8, 4) is 11.3 Å². The smallest absolute Gasteiger partial charge is 0.0651 e. The molecule has 0 bridgehead atoms. The van der Waals surface area contributed by atoms with Crippen molar-refractivity contribution in [2.75, 3.05) is 0 Å². The molecule has 1 aromatic heterocycles. The van der Waals surface area contributed by atoms with Crippen molar-refractivity contribution < 1.29 is 30.3 Å². The van der Waals surface area contributed by atoms with Gasteiger partial charge in [0.15, 0.2) is 0 Å². The van der Waals surface area contributed by atoms with Crippen molar-refractivity contribution in [3.63, 3.8) is 0 Å². The van der Waals surface area contributed by atoms with Gasteiger partial charge < -0.3 is 15.2 Å². The number of hydrogen-bond acceptors (Lipinski definition) is 3. The molecule has 3 nitrogen and oxygen atoms in total. The number of nitrogens with zero attached hydrogens (tertiary/aromatic N) is 1. The van der Waals surface area contributed by atoms with Gasteiger partial charge in [-0.05, 0) is 89.6 Å². The van der Waals surface area contributed by atoms with Gasteiger partial charge in [-0.2, -0.15) is 0 Å². The summed E-state index contributed by atoms with van der Waals surface area (Å²) in [5.74, 6) is 1.18. The van der Waals surface area contributed by atoms with Crippen LogP contribution in [0.4, 0.5) is 0 Å². The van der Waals surface area contributed by atoms with E-state index in [0.29, 0.717) is 11.8 Å². The Labute approximate surface area is 256 Å². The molecular formula is C36H50IrNO2-. The van der Waals surface area contributed by atoms with Gasteiger partial charge in [-0.15, -0.1) is 35.9 Å².